The lowest BCUT2D eigenvalue weighted by molar-refractivity contribution is 0.610. The minimum absolute atomic E-state index is 0.113. The second-order valence-corrected chi connectivity index (χ2v) is 9.44. The third-order valence-corrected chi connectivity index (χ3v) is 6.79. The molecule has 0 bridgehead atoms. The SMILES string of the molecule is C/C=C/CCc1ccc(-c2ccc(CCc3ccc(C[C@@H](C)c4ccccc4)cc3)cc2)cc1F. The fourth-order valence-electron chi connectivity index (χ4n) is 4.58. The zero-order valence-electron chi connectivity index (χ0n) is 20.9. The summed E-state index contributed by atoms with van der Waals surface area (Å²) >= 11 is 0. The Kier molecular flexibility index (Phi) is 8.68. The molecule has 178 valence electrons. The summed E-state index contributed by atoms with van der Waals surface area (Å²) in [5, 5.41) is 0. The van der Waals surface area contributed by atoms with Gasteiger partial charge in [-0.3, -0.25) is 0 Å². The van der Waals surface area contributed by atoms with Crippen molar-refractivity contribution >= 4 is 0 Å². The van der Waals surface area contributed by atoms with Crippen LogP contribution in [0.15, 0.2) is 109 Å². The van der Waals surface area contributed by atoms with Gasteiger partial charge in [-0.2, -0.15) is 0 Å². The van der Waals surface area contributed by atoms with E-state index in [1.165, 1.54) is 22.3 Å². The Hall–Kier alpha value is -3.45. The Labute approximate surface area is 210 Å². The predicted molar refractivity (Wildman–Crippen MR) is 147 cm³/mol. The van der Waals surface area contributed by atoms with Crippen LogP contribution in [0.3, 0.4) is 0 Å². The maximum Gasteiger partial charge on any atom is 0.127 e. The van der Waals surface area contributed by atoms with Crippen molar-refractivity contribution in [2.75, 3.05) is 0 Å². The first-order chi connectivity index (χ1) is 17.1. The quantitative estimate of drug-likeness (QED) is 0.206. The van der Waals surface area contributed by atoms with Gasteiger partial charge in [-0.05, 0) is 90.0 Å². The van der Waals surface area contributed by atoms with Crippen LogP contribution in [0.1, 0.15) is 54.0 Å². The molecule has 0 radical (unpaired) electrons. The number of benzene rings is 4. The zero-order chi connectivity index (χ0) is 24.5. The lowest BCUT2D eigenvalue weighted by Crippen LogP contribution is -1.99. The summed E-state index contributed by atoms with van der Waals surface area (Å²) in [5.41, 5.74) is 8.22. The molecule has 0 saturated heterocycles. The molecule has 0 unspecified atom stereocenters. The van der Waals surface area contributed by atoms with E-state index in [0.717, 1.165) is 48.8 Å². The van der Waals surface area contributed by atoms with Crippen molar-refractivity contribution in [3.8, 4) is 11.1 Å². The zero-order valence-corrected chi connectivity index (χ0v) is 20.9. The van der Waals surface area contributed by atoms with Crippen LogP contribution in [-0.4, -0.2) is 0 Å². The van der Waals surface area contributed by atoms with E-state index in [4.69, 9.17) is 0 Å². The Morgan fingerprint density at radius 3 is 1.91 bits per heavy atom. The van der Waals surface area contributed by atoms with Gasteiger partial charge in [0.15, 0.2) is 0 Å². The number of allylic oxidation sites excluding steroid dienone is 2. The molecule has 0 aromatic heterocycles. The van der Waals surface area contributed by atoms with Crippen LogP contribution >= 0.6 is 0 Å². The smallest absolute Gasteiger partial charge is 0.127 e. The van der Waals surface area contributed by atoms with E-state index in [1.54, 1.807) is 6.07 Å². The van der Waals surface area contributed by atoms with Crippen LogP contribution in [0, 0.1) is 5.82 Å². The van der Waals surface area contributed by atoms with Crippen LogP contribution in [0.5, 0.6) is 0 Å². The van der Waals surface area contributed by atoms with Crippen molar-refractivity contribution in [2.24, 2.45) is 0 Å². The molecule has 35 heavy (non-hydrogen) atoms. The molecule has 0 aliphatic carbocycles. The topological polar surface area (TPSA) is 0 Å². The fraction of sp³-hybridized carbons (Fsp3) is 0.235. The van der Waals surface area contributed by atoms with Gasteiger partial charge in [-0.1, -0.05) is 110 Å². The highest BCUT2D eigenvalue weighted by atomic mass is 19.1. The summed E-state index contributed by atoms with van der Waals surface area (Å²) in [6.45, 7) is 4.29. The monoisotopic (exact) mass is 462 g/mol. The van der Waals surface area contributed by atoms with Crippen molar-refractivity contribution in [1.82, 2.24) is 0 Å². The largest absolute Gasteiger partial charge is 0.207 e. The third kappa shape index (κ3) is 7.02. The first-order valence-electron chi connectivity index (χ1n) is 12.7. The first kappa shape index (κ1) is 24.7. The summed E-state index contributed by atoms with van der Waals surface area (Å²) < 4.78 is 14.5. The Bertz CT molecular complexity index is 1220. The van der Waals surface area contributed by atoms with Gasteiger partial charge >= 0.3 is 0 Å². The molecular formula is C34H35F. The van der Waals surface area contributed by atoms with Crippen molar-refractivity contribution in [1.29, 1.82) is 0 Å². The van der Waals surface area contributed by atoms with E-state index in [0.29, 0.717) is 5.92 Å². The lowest BCUT2D eigenvalue weighted by Gasteiger charge is -2.12. The molecule has 0 saturated carbocycles. The standard InChI is InChI=1S/C34H35F/c1-3-4-6-11-32-22-23-33(25-34(32)35)31-20-18-28(19-21-31)13-12-27-14-16-29(17-15-27)24-26(2)30-9-7-5-8-10-30/h3-5,7-10,14-23,25-26H,6,11-13,24H2,1-2H3/b4-3+/t26-/m1/s1. The molecule has 0 spiro atoms. The maximum absolute atomic E-state index is 14.5. The molecule has 0 heterocycles. The molecule has 0 N–H and O–H groups in total. The van der Waals surface area contributed by atoms with Gasteiger partial charge in [-0.25, -0.2) is 4.39 Å². The number of rotatable bonds is 10. The van der Waals surface area contributed by atoms with Crippen LogP contribution in [0.2, 0.25) is 0 Å². The van der Waals surface area contributed by atoms with Crippen LogP contribution in [0.4, 0.5) is 4.39 Å². The average molecular weight is 463 g/mol. The average Bonchev–Trinajstić information content (AvgIpc) is 2.90. The Morgan fingerprint density at radius 1 is 0.686 bits per heavy atom. The summed E-state index contributed by atoms with van der Waals surface area (Å²) in [6, 6.07) is 34.0. The maximum atomic E-state index is 14.5. The second kappa shape index (κ2) is 12.3. The van der Waals surface area contributed by atoms with Crippen molar-refractivity contribution in [3.05, 3.63) is 143 Å². The van der Waals surface area contributed by atoms with Crippen LogP contribution in [-0.2, 0) is 25.7 Å². The fourth-order valence-corrected chi connectivity index (χ4v) is 4.58. The van der Waals surface area contributed by atoms with Gasteiger partial charge in [0.25, 0.3) is 0 Å². The van der Waals surface area contributed by atoms with E-state index in [1.807, 2.05) is 25.1 Å². The number of aryl methyl sites for hydroxylation is 3. The molecule has 0 fully saturated rings. The van der Waals surface area contributed by atoms with Gasteiger partial charge in [0.2, 0.25) is 0 Å². The molecule has 1 atom stereocenters. The predicted octanol–water partition coefficient (Wildman–Crippen LogP) is 9.13. The van der Waals surface area contributed by atoms with Crippen LogP contribution < -0.4 is 0 Å². The van der Waals surface area contributed by atoms with E-state index in [2.05, 4.69) is 91.9 Å². The highest BCUT2D eigenvalue weighted by molar-refractivity contribution is 5.64. The number of hydrogen-bond donors (Lipinski definition) is 0. The Morgan fingerprint density at radius 2 is 1.29 bits per heavy atom. The van der Waals surface area contributed by atoms with E-state index in [9.17, 15) is 4.39 Å². The molecule has 4 aromatic rings. The molecule has 0 aliphatic rings. The van der Waals surface area contributed by atoms with E-state index >= 15 is 0 Å². The molecule has 4 aromatic carbocycles. The summed E-state index contributed by atoms with van der Waals surface area (Å²) in [7, 11) is 0. The summed E-state index contributed by atoms with van der Waals surface area (Å²) in [4.78, 5) is 0. The van der Waals surface area contributed by atoms with E-state index < -0.39 is 0 Å². The minimum atomic E-state index is -0.113. The summed E-state index contributed by atoms with van der Waals surface area (Å²) in [5.74, 6) is 0.404. The summed E-state index contributed by atoms with van der Waals surface area (Å²) in [6.07, 6.45) is 8.77. The second-order valence-electron chi connectivity index (χ2n) is 9.44. The molecule has 0 nitrogen and oxygen atoms in total. The van der Waals surface area contributed by atoms with Crippen molar-refractivity contribution in [2.45, 2.75) is 51.9 Å². The normalized spacial score (nSPS) is 12.2. The minimum Gasteiger partial charge on any atom is -0.207 e. The van der Waals surface area contributed by atoms with Crippen LogP contribution in [0.25, 0.3) is 11.1 Å². The first-order valence-corrected chi connectivity index (χ1v) is 12.7. The molecule has 4 rings (SSSR count). The number of hydrogen-bond acceptors (Lipinski definition) is 0. The van der Waals surface area contributed by atoms with Gasteiger partial charge in [0.05, 0.1) is 0 Å². The molecule has 0 aliphatic heterocycles. The highest BCUT2D eigenvalue weighted by Crippen LogP contribution is 2.24. The van der Waals surface area contributed by atoms with Gasteiger partial charge in [0.1, 0.15) is 5.82 Å². The van der Waals surface area contributed by atoms with Gasteiger partial charge < -0.3 is 0 Å². The van der Waals surface area contributed by atoms with E-state index in [-0.39, 0.29) is 5.82 Å². The van der Waals surface area contributed by atoms with Gasteiger partial charge in [0, 0.05) is 0 Å². The molecular weight excluding hydrogens is 427 g/mol. The van der Waals surface area contributed by atoms with Gasteiger partial charge in [-0.15, -0.1) is 0 Å². The number of halogens is 1. The third-order valence-electron chi connectivity index (χ3n) is 6.79. The van der Waals surface area contributed by atoms with Crippen molar-refractivity contribution < 1.29 is 4.39 Å². The lowest BCUT2D eigenvalue weighted by atomic mass is 9.93. The Balaban J connectivity index is 1.31. The molecule has 0 amide bonds. The molecule has 1 heteroatoms. The highest BCUT2D eigenvalue weighted by Gasteiger charge is 2.07. The van der Waals surface area contributed by atoms with Crippen molar-refractivity contribution in [3.63, 3.8) is 0 Å².